The van der Waals surface area contributed by atoms with Gasteiger partial charge in [-0.05, 0) is 0 Å². The van der Waals surface area contributed by atoms with Crippen LogP contribution < -0.4 is 0 Å². The number of carboxylic acid groups (broad SMARTS) is 1. The molecule has 0 saturated carbocycles. The average molecular weight is 383 g/mol. The van der Waals surface area contributed by atoms with Gasteiger partial charge in [0, 0.05) is 0 Å². The molecule has 0 bridgehead atoms. The molecule has 1 aliphatic heterocycles. The fourth-order valence-corrected chi connectivity index (χ4v) is 4.84. The summed E-state index contributed by atoms with van der Waals surface area (Å²) in [7, 11) is 1.83. The molecule has 1 heterocycles. The molecule has 0 unspecified atom stereocenters. The van der Waals surface area contributed by atoms with E-state index in [9.17, 15) is 9.90 Å². The topological polar surface area (TPSA) is 60.8 Å². The molecule has 1 aromatic rings. The van der Waals surface area contributed by atoms with Gasteiger partial charge in [0.1, 0.15) is 0 Å². The van der Waals surface area contributed by atoms with Gasteiger partial charge in [0.25, 0.3) is 0 Å². The van der Waals surface area contributed by atoms with Crippen LogP contribution in [-0.2, 0) is 19.8 Å². The molecule has 7 heteroatoms. The van der Waals surface area contributed by atoms with Crippen molar-refractivity contribution in [1.82, 2.24) is 4.90 Å². The molecule has 2 atom stereocenters. The molecule has 2 N–H and O–H groups in total. The summed E-state index contributed by atoms with van der Waals surface area (Å²) in [6, 6.07) is 5.05. The zero-order valence-corrected chi connectivity index (χ0v) is 14.9. The van der Waals surface area contributed by atoms with Gasteiger partial charge in [0.05, 0.1) is 0 Å². The minimum atomic E-state index is -0.777. The van der Waals surface area contributed by atoms with Crippen molar-refractivity contribution in [2.24, 2.45) is 0 Å². The maximum atomic E-state index is 11.1. The molecule has 0 aliphatic carbocycles. The molecule has 0 aromatic heterocycles. The van der Waals surface area contributed by atoms with Gasteiger partial charge in [-0.2, -0.15) is 0 Å². The quantitative estimate of drug-likeness (QED) is 0.580. The Balaban J connectivity index is 1.84. The van der Waals surface area contributed by atoms with E-state index in [-0.39, 0.29) is 11.1 Å². The molecule has 1 saturated heterocycles. The number of aromatic hydroxyl groups is 1. The molecule has 0 spiro atoms. The summed E-state index contributed by atoms with van der Waals surface area (Å²) in [4.78, 5) is 12.9. The number of rotatable bonds is 6. The number of aliphatic carboxylic acids is 1. The van der Waals surface area contributed by atoms with Gasteiger partial charge in [-0.1, -0.05) is 0 Å². The van der Waals surface area contributed by atoms with Gasteiger partial charge >= 0.3 is 147 Å². The Morgan fingerprint density at radius 1 is 1.59 bits per heavy atom. The third kappa shape index (κ3) is 4.28. The molecule has 124 valence electrons. The van der Waals surface area contributed by atoms with Gasteiger partial charge in [-0.25, -0.2) is 0 Å². The first-order valence-corrected chi connectivity index (χ1v) is 9.24. The molecule has 4 nitrogen and oxygen atoms in total. The van der Waals surface area contributed by atoms with Crippen molar-refractivity contribution in [3.05, 3.63) is 35.7 Å². The second kappa shape index (κ2) is 7.87. The Hall–Kier alpha value is -0.486. The summed E-state index contributed by atoms with van der Waals surface area (Å²) in [5.41, 5.74) is 1.69. The van der Waals surface area contributed by atoms with Crippen molar-refractivity contribution in [3.63, 3.8) is 0 Å². The summed E-state index contributed by atoms with van der Waals surface area (Å²) in [6.45, 7) is 1.92. The minimum absolute atomic E-state index is 0.0908. The van der Waals surface area contributed by atoms with Crippen LogP contribution in [0.3, 0.4) is 0 Å². The van der Waals surface area contributed by atoms with E-state index < -0.39 is 12.0 Å². The summed E-state index contributed by atoms with van der Waals surface area (Å²) in [6.07, 6.45) is 2.07. The first-order valence-electron chi connectivity index (χ1n) is 6.72. The molecule has 1 fully saturated rings. The van der Waals surface area contributed by atoms with Crippen LogP contribution in [0.1, 0.15) is 11.1 Å². The third-order valence-corrected chi connectivity index (χ3v) is 6.33. The van der Waals surface area contributed by atoms with Crippen molar-refractivity contribution in [3.8, 4) is 5.75 Å². The van der Waals surface area contributed by atoms with Crippen LogP contribution in [0.4, 0.5) is 0 Å². The van der Waals surface area contributed by atoms with Gasteiger partial charge in [0.15, 0.2) is 0 Å². The second-order valence-electron chi connectivity index (χ2n) is 5.06. The number of thioether (sulfide) groups is 2. The van der Waals surface area contributed by atoms with Crippen LogP contribution in [0.25, 0.3) is 0 Å². The summed E-state index contributed by atoms with van der Waals surface area (Å²) in [5, 5.41) is 19.1. The SMILES string of the molecule is Cc1ccc([C](=[Ni])SC[CH-][C@@H]2SC[C@H](C(=O)O)N2C)c(O)c1. The first kappa shape index (κ1) is 17.9. The Morgan fingerprint density at radius 3 is 2.91 bits per heavy atom. The van der Waals surface area contributed by atoms with Crippen molar-refractivity contribution in [1.29, 1.82) is 0 Å². The number of hydrogen-bond donors (Lipinski definition) is 2. The predicted octanol–water partition coefficient (Wildman–Crippen LogP) is 2.12. The number of phenolic OH excluding ortho intramolecular Hbond substituents is 1. The maximum absolute atomic E-state index is 11.1. The number of carboxylic acids is 1. The molecule has 1 aromatic carbocycles. The van der Waals surface area contributed by atoms with Crippen molar-refractivity contribution >= 4 is 33.3 Å². The van der Waals surface area contributed by atoms with E-state index in [1.165, 1.54) is 11.8 Å². The number of nitrogens with zero attached hydrogens (tertiary/aromatic N) is 1. The van der Waals surface area contributed by atoms with Gasteiger partial charge in [-0.3, -0.25) is 0 Å². The van der Waals surface area contributed by atoms with Gasteiger partial charge < -0.3 is 0 Å². The Morgan fingerprint density at radius 2 is 2.32 bits per heavy atom. The number of aryl methyl sites for hydroxylation is 1. The second-order valence-corrected chi connectivity index (χ2v) is 8.01. The summed E-state index contributed by atoms with van der Waals surface area (Å²) < 4.78 is 0.689. The van der Waals surface area contributed by atoms with E-state index in [4.69, 9.17) is 20.1 Å². The van der Waals surface area contributed by atoms with Crippen LogP contribution in [0.2, 0.25) is 0 Å². The molecular weight excluding hydrogens is 365 g/mol. The molecule has 0 radical (unpaired) electrons. The fraction of sp³-hybridized carbons (Fsp3) is 0.400. The molecular formula is C15H18NNiO3S2-. The van der Waals surface area contributed by atoms with E-state index in [1.807, 2.05) is 31.0 Å². The zero-order valence-electron chi connectivity index (χ0n) is 12.3. The predicted molar refractivity (Wildman–Crippen MR) is 89.1 cm³/mol. The van der Waals surface area contributed by atoms with Crippen molar-refractivity contribution < 1.29 is 30.0 Å². The number of carbonyl (C=O) groups is 1. The zero-order chi connectivity index (χ0) is 16.3. The van der Waals surface area contributed by atoms with Crippen molar-refractivity contribution in [2.45, 2.75) is 18.3 Å². The number of hydrogen-bond acceptors (Lipinski definition) is 5. The Labute approximate surface area is 146 Å². The summed E-state index contributed by atoms with van der Waals surface area (Å²) in [5.74, 6) is 0.730. The normalized spacial score (nSPS) is 22.0. The average Bonchev–Trinajstić information content (AvgIpc) is 2.80. The van der Waals surface area contributed by atoms with Crippen LogP contribution in [0.15, 0.2) is 18.2 Å². The monoisotopic (exact) mass is 382 g/mol. The van der Waals surface area contributed by atoms with E-state index in [0.29, 0.717) is 20.9 Å². The van der Waals surface area contributed by atoms with Crippen LogP contribution in [0.5, 0.6) is 5.75 Å². The molecule has 2 rings (SSSR count). The van der Waals surface area contributed by atoms with E-state index in [2.05, 4.69) is 6.42 Å². The van der Waals surface area contributed by atoms with E-state index in [0.717, 1.165) is 5.56 Å². The number of benzene rings is 1. The fourth-order valence-electron chi connectivity index (χ4n) is 2.15. The number of phenols is 1. The molecule has 0 amide bonds. The van der Waals surface area contributed by atoms with E-state index in [1.54, 1.807) is 17.8 Å². The van der Waals surface area contributed by atoms with Crippen LogP contribution in [0, 0.1) is 13.3 Å². The van der Waals surface area contributed by atoms with Crippen LogP contribution in [-0.4, -0.2) is 54.9 Å². The Kier molecular flexibility index (Phi) is 6.39. The summed E-state index contributed by atoms with van der Waals surface area (Å²) >= 11 is 8.14. The van der Waals surface area contributed by atoms with Crippen LogP contribution >= 0.6 is 23.5 Å². The van der Waals surface area contributed by atoms with Crippen molar-refractivity contribution in [2.75, 3.05) is 18.6 Å². The molecule has 1 aliphatic rings. The first-order chi connectivity index (χ1) is 10.4. The Bertz CT molecular complexity index is 582. The number of likely N-dealkylation sites (N-methyl/N-ethyl adjacent to an activating group) is 1. The van der Waals surface area contributed by atoms with E-state index >= 15 is 0 Å². The van der Waals surface area contributed by atoms with Gasteiger partial charge in [0.2, 0.25) is 0 Å². The standard InChI is InChI=1S/C15H18NO3S2.Ni/c1-10-3-4-11(13(17)7-10)8-20-6-5-14-16(2)12(9-21-14)15(18)19;/h3-5,7,12,14,17H,6,9H2,1-2H3,(H,18,19);/q-1;/t12-,14+;/m1./s1. The third-order valence-electron chi connectivity index (χ3n) is 3.45. The van der Waals surface area contributed by atoms with Gasteiger partial charge in [-0.15, -0.1) is 0 Å². The molecule has 22 heavy (non-hydrogen) atoms.